The van der Waals surface area contributed by atoms with Crippen LogP contribution in [0.4, 0.5) is 10.7 Å². The molecule has 6 nitrogen and oxygen atoms in total. The van der Waals surface area contributed by atoms with Gasteiger partial charge in [-0.15, -0.1) is 5.10 Å². The fraction of sp³-hybridized carbons (Fsp3) is 0.667. The molecule has 0 bridgehead atoms. The predicted molar refractivity (Wildman–Crippen MR) is 64.7 cm³/mol. The van der Waals surface area contributed by atoms with E-state index in [1.54, 1.807) is 4.90 Å². The van der Waals surface area contributed by atoms with Crippen LogP contribution < -0.4 is 5.32 Å². The van der Waals surface area contributed by atoms with Crippen LogP contribution >= 0.6 is 11.8 Å². The third-order valence-electron chi connectivity index (χ3n) is 2.01. The average Bonchev–Trinajstić information content (AvgIpc) is 2.68. The van der Waals surface area contributed by atoms with Crippen molar-refractivity contribution in [1.82, 2.24) is 20.1 Å². The number of anilines is 1. The monoisotopic (exact) mass is 243 g/mol. The van der Waals surface area contributed by atoms with Crippen molar-refractivity contribution in [2.24, 2.45) is 0 Å². The number of carbonyl (C=O) groups is 1. The third-order valence-corrected chi connectivity index (χ3v) is 2.74. The number of rotatable bonds is 5. The van der Waals surface area contributed by atoms with Gasteiger partial charge in [-0.2, -0.15) is 4.98 Å². The van der Waals surface area contributed by atoms with Crippen molar-refractivity contribution in [2.75, 3.05) is 24.2 Å². The van der Waals surface area contributed by atoms with Crippen LogP contribution in [0.2, 0.25) is 0 Å². The van der Waals surface area contributed by atoms with Gasteiger partial charge in [0.15, 0.2) is 0 Å². The highest BCUT2D eigenvalue weighted by Gasteiger charge is 2.11. The summed E-state index contributed by atoms with van der Waals surface area (Å²) in [5.41, 5.74) is 0. The Kier molecular flexibility index (Phi) is 5.10. The molecule has 1 aromatic rings. The Morgan fingerprint density at radius 1 is 1.44 bits per heavy atom. The number of nitrogens with zero attached hydrogens (tertiary/aromatic N) is 3. The number of hydrogen-bond acceptors (Lipinski definition) is 4. The summed E-state index contributed by atoms with van der Waals surface area (Å²) >= 11 is 1.52. The number of nitrogens with one attached hydrogen (secondary N) is 2. The Morgan fingerprint density at radius 2 is 2.12 bits per heavy atom. The van der Waals surface area contributed by atoms with Crippen molar-refractivity contribution in [3.8, 4) is 0 Å². The SMILES string of the molecule is CCSc1n[nH]c(NC(=O)N(CC)CC)n1. The largest absolute Gasteiger partial charge is 0.325 e. The molecular formula is C9H17N5OS. The van der Waals surface area contributed by atoms with E-state index in [1.807, 2.05) is 20.8 Å². The van der Waals surface area contributed by atoms with E-state index in [0.29, 0.717) is 24.2 Å². The third kappa shape index (κ3) is 3.41. The van der Waals surface area contributed by atoms with Gasteiger partial charge in [0.25, 0.3) is 0 Å². The number of thioether (sulfide) groups is 1. The second-order valence-corrected chi connectivity index (χ2v) is 4.23. The molecule has 1 heterocycles. The summed E-state index contributed by atoms with van der Waals surface area (Å²) in [6, 6.07) is -0.158. The summed E-state index contributed by atoms with van der Waals surface area (Å²) < 4.78 is 0. The van der Waals surface area contributed by atoms with Crippen LogP contribution in [0.3, 0.4) is 0 Å². The van der Waals surface area contributed by atoms with Crippen LogP contribution in [0.15, 0.2) is 5.16 Å². The van der Waals surface area contributed by atoms with Crippen molar-refractivity contribution >= 4 is 23.7 Å². The lowest BCUT2D eigenvalue weighted by Gasteiger charge is -2.17. The van der Waals surface area contributed by atoms with E-state index in [4.69, 9.17) is 0 Å². The van der Waals surface area contributed by atoms with Crippen molar-refractivity contribution in [1.29, 1.82) is 0 Å². The molecule has 90 valence electrons. The maximum atomic E-state index is 11.7. The van der Waals surface area contributed by atoms with E-state index < -0.39 is 0 Å². The molecule has 16 heavy (non-hydrogen) atoms. The fourth-order valence-corrected chi connectivity index (χ4v) is 1.71. The highest BCUT2D eigenvalue weighted by Crippen LogP contribution is 2.12. The van der Waals surface area contributed by atoms with Crippen LogP contribution in [-0.4, -0.2) is 45.0 Å². The molecule has 0 unspecified atom stereocenters. The number of aromatic amines is 1. The quantitative estimate of drug-likeness (QED) is 0.773. The first-order valence-electron chi connectivity index (χ1n) is 5.32. The van der Waals surface area contributed by atoms with Crippen molar-refractivity contribution in [3.63, 3.8) is 0 Å². The van der Waals surface area contributed by atoms with Gasteiger partial charge in [0.05, 0.1) is 0 Å². The van der Waals surface area contributed by atoms with Crippen LogP contribution in [0, 0.1) is 0 Å². The molecule has 1 rings (SSSR count). The summed E-state index contributed by atoms with van der Waals surface area (Å²) in [4.78, 5) is 17.5. The maximum Gasteiger partial charge on any atom is 0.324 e. The van der Waals surface area contributed by atoms with Gasteiger partial charge >= 0.3 is 6.03 Å². The molecule has 1 aromatic heterocycles. The van der Waals surface area contributed by atoms with Crippen molar-refractivity contribution < 1.29 is 4.79 Å². The topological polar surface area (TPSA) is 73.9 Å². The molecule has 0 aliphatic rings. The molecule has 0 atom stereocenters. The summed E-state index contributed by atoms with van der Waals surface area (Å²) in [7, 11) is 0. The minimum absolute atomic E-state index is 0.158. The van der Waals surface area contributed by atoms with Crippen LogP contribution in [-0.2, 0) is 0 Å². The molecule has 0 saturated carbocycles. The minimum atomic E-state index is -0.158. The first-order chi connectivity index (χ1) is 7.71. The zero-order valence-electron chi connectivity index (χ0n) is 9.78. The zero-order chi connectivity index (χ0) is 12.0. The molecule has 0 aliphatic heterocycles. The number of aromatic nitrogens is 3. The normalized spacial score (nSPS) is 10.2. The van der Waals surface area contributed by atoms with E-state index in [-0.39, 0.29) is 6.03 Å². The minimum Gasteiger partial charge on any atom is -0.325 e. The van der Waals surface area contributed by atoms with E-state index >= 15 is 0 Å². The van der Waals surface area contributed by atoms with E-state index in [1.165, 1.54) is 11.8 Å². The number of carbonyl (C=O) groups excluding carboxylic acids is 1. The molecule has 0 spiro atoms. The molecule has 2 N–H and O–H groups in total. The summed E-state index contributed by atoms with van der Waals surface area (Å²) in [6.07, 6.45) is 0. The van der Waals surface area contributed by atoms with Crippen LogP contribution in [0.5, 0.6) is 0 Å². The lowest BCUT2D eigenvalue weighted by Crippen LogP contribution is -2.34. The highest BCUT2D eigenvalue weighted by atomic mass is 32.2. The molecular weight excluding hydrogens is 226 g/mol. The van der Waals surface area contributed by atoms with E-state index in [2.05, 4.69) is 20.5 Å². The molecule has 7 heteroatoms. The number of H-pyrrole nitrogens is 1. The molecule has 0 aromatic carbocycles. The summed E-state index contributed by atoms with van der Waals surface area (Å²) in [5, 5.41) is 9.97. The van der Waals surface area contributed by atoms with Gasteiger partial charge < -0.3 is 4.90 Å². The van der Waals surface area contributed by atoms with Gasteiger partial charge in [-0.25, -0.2) is 9.89 Å². The number of hydrogen-bond donors (Lipinski definition) is 2. The standard InChI is InChI=1S/C9H17N5OS/c1-4-14(5-2)9(15)11-7-10-8(13-12-7)16-6-3/h4-6H2,1-3H3,(H2,10,11,12,13,15). The molecule has 0 saturated heterocycles. The fourth-order valence-electron chi connectivity index (χ4n) is 1.19. The van der Waals surface area contributed by atoms with Gasteiger partial charge in [0.1, 0.15) is 0 Å². The van der Waals surface area contributed by atoms with Gasteiger partial charge in [-0.1, -0.05) is 18.7 Å². The predicted octanol–water partition coefficient (Wildman–Crippen LogP) is 1.79. The maximum absolute atomic E-state index is 11.7. The zero-order valence-corrected chi connectivity index (χ0v) is 10.6. The van der Waals surface area contributed by atoms with Gasteiger partial charge in [0, 0.05) is 13.1 Å². The van der Waals surface area contributed by atoms with Crippen molar-refractivity contribution in [2.45, 2.75) is 25.9 Å². The Bertz CT molecular complexity index is 336. The Hall–Kier alpha value is -1.24. The van der Waals surface area contributed by atoms with Gasteiger partial charge in [0.2, 0.25) is 11.1 Å². The van der Waals surface area contributed by atoms with Gasteiger partial charge in [-0.3, -0.25) is 5.32 Å². The molecule has 0 aliphatic carbocycles. The Labute approximate surface area is 99.2 Å². The second-order valence-electron chi connectivity index (χ2n) is 3.00. The number of urea groups is 1. The first-order valence-corrected chi connectivity index (χ1v) is 6.30. The number of amides is 2. The Morgan fingerprint density at radius 3 is 2.69 bits per heavy atom. The highest BCUT2D eigenvalue weighted by molar-refractivity contribution is 7.99. The van der Waals surface area contributed by atoms with Crippen LogP contribution in [0.1, 0.15) is 20.8 Å². The Balaban J connectivity index is 2.55. The first kappa shape index (κ1) is 12.8. The molecule has 0 radical (unpaired) electrons. The summed E-state index contributed by atoms with van der Waals surface area (Å²) in [5.74, 6) is 1.30. The van der Waals surface area contributed by atoms with E-state index in [9.17, 15) is 4.79 Å². The van der Waals surface area contributed by atoms with Gasteiger partial charge in [-0.05, 0) is 19.6 Å². The average molecular weight is 243 g/mol. The summed E-state index contributed by atoms with van der Waals surface area (Å²) in [6.45, 7) is 7.24. The van der Waals surface area contributed by atoms with E-state index in [0.717, 1.165) is 5.75 Å². The molecule has 0 fully saturated rings. The lowest BCUT2D eigenvalue weighted by atomic mass is 10.5. The second kappa shape index (κ2) is 6.37. The van der Waals surface area contributed by atoms with Crippen molar-refractivity contribution in [3.05, 3.63) is 0 Å². The molecule has 2 amide bonds. The lowest BCUT2D eigenvalue weighted by molar-refractivity contribution is 0.217. The van der Waals surface area contributed by atoms with Crippen LogP contribution in [0.25, 0.3) is 0 Å². The smallest absolute Gasteiger partial charge is 0.324 e.